The first-order valence-electron chi connectivity index (χ1n) is 1.45. The lowest BCUT2D eigenvalue weighted by Gasteiger charge is -1.82. The molecule has 0 aromatic carbocycles. The number of alkyl halides is 2. The van der Waals surface area contributed by atoms with E-state index in [4.69, 9.17) is 23.2 Å². The lowest BCUT2D eigenvalue weighted by atomic mass is 10.6. The average molecular weight is 143 g/mol. The number of halogens is 2. The van der Waals surface area contributed by atoms with Gasteiger partial charge in [-0.15, -0.1) is 23.2 Å². The first kappa shape index (κ1) is 6.67. The van der Waals surface area contributed by atoms with Gasteiger partial charge < -0.3 is 0 Å². The lowest BCUT2D eigenvalue weighted by Crippen LogP contribution is -1.94. The number of hydrogen-bond acceptors (Lipinski definition) is 1. The van der Waals surface area contributed by atoms with E-state index >= 15 is 0 Å². The van der Waals surface area contributed by atoms with Crippen LogP contribution in [0, 0.1) is 0 Å². The van der Waals surface area contributed by atoms with Crippen LogP contribution in [0.15, 0.2) is 0 Å². The van der Waals surface area contributed by atoms with Crippen molar-refractivity contribution >= 4 is 40.3 Å². The minimum atomic E-state index is 0.402. The molecule has 0 atom stereocenters. The number of thiocarbonyl (C=S) groups is 1. The molecule has 0 aromatic rings. The Bertz CT molecular complexity index is 46.8. The van der Waals surface area contributed by atoms with E-state index in [1.165, 1.54) is 0 Å². The maximum absolute atomic E-state index is 5.23. The molecule has 0 aliphatic carbocycles. The fourth-order valence-electron chi connectivity index (χ4n) is 0.0357. The molecule has 0 saturated heterocycles. The van der Waals surface area contributed by atoms with Gasteiger partial charge in [-0.25, -0.2) is 0 Å². The second kappa shape index (κ2) is 3.85. The SMILES string of the molecule is S=C(CCl)CCl. The van der Waals surface area contributed by atoms with Gasteiger partial charge in [-0.3, -0.25) is 0 Å². The molecular formula is C3H4Cl2S. The van der Waals surface area contributed by atoms with Gasteiger partial charge in [0.25, 0.3) is 0 Å². The quantitative estimate of drug-likeness (QED) is 0.419. The van der Waals surface area contributed by atoms with E-state index in [0.29, 0.717) is 16.6 Å². The maximum atomic E-state index is 5.23. The van der Waals surface area contributed by atoms with Crippen molar-refractivity contribution in [2.75, 3.05) is 11.8 Å². The summed E-state index contributed by atoms with van der Waals surface area (Å²) >= 11 is 15.0. The third kappa shape index (κ3) is 2.88. The first-order chi connectivity index (χ1) is 2.81. The van der Waals surface area contributed by atoms with E-state index in [1.807, 2.05) is 0 Å². The van der Waals surface area contributed by atoms with Gasteiger partial charge in [0.05, 0.1) is 11.8 Å². The van der Waals surface area contributed by atoms with Gasteiger partial charge in [0.15, 0.2) is 0 Å². The summed E-state index contributed by atoms with van der Waals surface area (Å²) < 4.78 is 0. The normalized spacial score (nSPS) is 8.33. The summed E-state index contributed by atoms with van der Waals surface area (Å²) in [5.74, 6) is 0.803. The van der Waals surface area contributed by atoms with Crippen molar-refractivity contribution in [2.24, 2.45) is 0 Å². The van der Waals surface area contributed by atoms with Crippen molar-refractivity contribution < 1.29 is 0 Å². The van der Waals surface area contributed by atoms with Gasteiger partial charge >= 0.3 is 0 Å². The highest BCUT2D eigenvalue weighted by molar-refractivity contribution is 7.80. The molecule has 0 fully saturated rings. The molecule has 0 aliphatic heterocycles. The van der Waals surface area contributed by atoms with Crippen molar-refractivity contribution in [2.45, 2.75) is 0 Å². The predicted octanol–water partition coefficient (Wildman–Crippen LogP) is 1.83. The van der Waals surface area contributed by atoms with Gasteiger partial charge in [-0.05, 0) is 0 Å². The van der Waals surface area contributed by atoms with Crippen LogP contribution < -0.4 is 0 Å². The van der Waals surface area contributed by atoms with Gasteiger partial charge in [0.2, 0.25) is 0 Å². The molecule has 36 valence electrons. The highest BCUT2D eigenvalue weighted by Crippen LogP contribution is 1.84. The van der Waals surface area contributed by atoms with E-state index in [-0.39, 0.29) is 0 Å². The predicted molar refractivity (Wildman–Crippen MR) is 34.0 cm³/mol. The topological polar surface area (TPSA) is 0 Å². The van der Waals surface area contributed by atoms with Crippen LogP contribution in [-0.2, 0) is 0 Å². The molecule has 0 aliphatic rings. The summed E-state index contributed by atoms with van der Waals surface area (Å²) in [6.07, 6.45) is 0. The van der Waals surface area contributed by atoms with Gasteiger partial charge in [0, 0.05) is 4.86 Å². The zero-order chi connectivity index (χ0) is 4.99. The molecule has 0 spiro atoms. The Kier molecular flexibility index (Phi) is 4.28. The van der Waals surface area contributed by atoms with Crippen LogP contribution in [0.5, 0.6) is 0 Å². The third-order valence-corrected chi connectivity index (χ3v) is 1.55. The zero-order valence-electron chi connectivity index (χ0n) is 3.08. The van der Waals surface area contributed by atoms with Crippen LogP contribution in [0.3, 0.4) is 0 Å². The third-order valence-electron chi connectivity index (χ3n) is 0.298. The Labute approximate surface area is 52.4 Å². The Morgan fingerprint density at radius 3 is 1.67 bits per heavy atom. The minimum absolute atomic E-state index is 0.402. The Morgan fingerprint density at radius 2 is 1.67 bits per heavy atom. The maximum Gasteiger partial charge on any atom is 0.0549 e. The summed E-state index contributed by atoms with van der Waals surface area (Å²) in [4.78, 5) is 0.707. The molecule has 0 bridgehead atoms. The summed E-state index contributed by atoms with van der Waals surface area (Å²) in [5, 5.41) is 0. The minimum Gasteiger partial charge on any atom is -0.121 e. The average Bonchev–Trinajstić information content (AvgIpc) is 1.65. The van der Waals surface area contributed by atoms with Crippen molar-refractivity contribution in [3.05, 3.63) is 0 Å². The van der Waals surface area contributed by atoms with E-state index in [9.17, 15) is 0 Å². The van der Waals surface area contributed by atoms with Gasteiger partial charge in [-0.2, -0.15) is 0 Å². The van der Waals surface area contributed by atoms with E-state index in [0.717, 1.165) is 0 Å². The largest absolute Gasteiger partial charge is 0.121 e. The lowest BCUT2D eigenvalue weighted by molar-refractivity contribution is 1.85. The van der Waals surface area contributed by atoms with Crippen LogP contribution in [0.4, 0.5) is 0 Å². The summed E-state index contributed by atoms with van der Waals surface area (Å²) in [5.41, 5.74) is 0. The molecule has 0 nitrogen and oxygen atoms in total. The molecule has 0 saturated carbocycles. The standard InChI is InChI=1S/C3H4Cl2S/c4-1-3(6)2-5/h1-2H2. The second-order valence-electron chi connectivity index (χ2n) is 0.806. The first-order valence-corrected chi connectivity index (χ1v) is 2.92. The molecular weight excluding hydrogens is 139 g/mol. The Hall–Kier alpha value is 0.670. The zero-order valence-corrected chi connectivity index (χ0v) is 5.41. The highest BCUT2D eigenvalue weighted by atomic mass is 35.5. The molecule has 0 N–H and O–H groups in total. The highest BCUT2D eigenvalue weighted by Gasteiger charge is 1.85. The van der Waals surface area contributed by atoms with E-state index in [2.05, 4.69) is 12.2 Å². The fourth-order valence-corrected chi connectivity index (χ4v) is 0.321. The van der Waals surface area contributed by atoms with Crippen LogP contribution in [0.25, 0.3) is 0 Å². The van der Waals surface area contributed by atoms with Crippen molar-refractivity contribution in [1.82, 2.24) is 0 Å². The number of rotatable bonds is 2. The van der Waals surface area contributed by atoms with Crippen molar-refractivity contribution in [3.8, 4) is 0 Å². The molecule has 0 amide bonds. The van der Waals surface area contributed by atoms with Crippen LogP contribution in [0.1, 0.15) is 0 Å². The Balaban J connectivity index is 2.99. The molecule has 0 rings (SSSR count). The summed E-state index contributed by atoms with van der Waals surface area (Å²) in [6, 6.07) is 0. The fraction of sp³-hybridized carbons (Fsp3) is 0.667. The molecule has 0 aromatic heterocycles. The smallest absolute Gasteiger partial charge is 0.0549 e. The molecule has 6 heavy (non-hydrogen) atoms. The monoisotopic (exact) mass is 142 g/mol. The molecule has 0 unspecified atom stereocenters. The number of hydrogen-bond donors (Lipinski definition) is 0. The van der Waals surface area contributed by atoms with Crippen LogP contribution in [-0.4, -0.2) is 16.6 Å². The summed E-state index contributed by atoms with van der Waals surface area (Å²) in [7, 11) is 0. The van der Waals surface area contributed by atoms with Crippen molar-refractivity contribution in [1.29, 1.82) is 0 Å². The molecule has 0 heterocycles. The van der Waals surface area contributed by atoms with Crippen LogP contribution >= 0.6 is 35.4 Å². The summed E-state index contributed by atoms with van der Waals surface area (Å²) in [6.45, 7) is 0. The van der Waals surface area contributed by atoms with Crippen LogP contribution in [0.2, 0.25) is 0 Å². The molecule has 0 radical (unpaired) electrons. The van der Waals surface area contributed by atoms with Crippen molar-refractivity contribution in [3.63, 3.8) is 0 Å². The van der Waals surface area contributed by atoms with Gasteiger partial charge in [0.1, 0.15) is 0 Å². The van der Waals surface area contributed by atoms with E-state index < -0.39 is 0 Å². The van der Waals surface area contributed by atoms with Gasteiger partial charge in [-0.1, -0.05) is 12.2 Å². The molecule has 3 heteroatoms. The Morgan fingerprint density at radius 1 is 1.33 bits per heavy atom. The second-order valence-corrected chi connectivity index (χ2v) is 1.92. The van der Waals surface area contributed by atoms with E-state index in [1.54, 1.807) is 0 Å².